The molecular formula is C22H26N4O. The molecule has 5 heteroatoms. The molecule has 3 aromatic rings. The molecule has 27 heavy (non-hydrogen) atoms. The largest absolute Gasteiger partial charge is 0.354 e. The number of nitrogens with zero attached hydrogens (tertiary/aromatic N) is 2. The van der Waals surface area contributed by atoms with E-state index in [0.717, 1.165) is 18.7 Å². The number of aryl methyl sites for hydroxylation is 1. The molecule has 3 N–H and O–H groups in total. The van der Waals surface area contributed by atoms with E-state index < -0.39 is 6.04 Å². The monoisotopic (exact) mass is 362 g/mol. The van der Waals surface area contributed by atoms with Gasteiger partial charge < -0.3 is 15.6 Å². The Labute approximate surface area is 160 Å². The number of carbonyl (C=O) groups excluding carboxylic acids is 1. The summed E-state index contributed by atoms with van der Waals surface area (Å²) in [6.07, 6.45) is 4.97. The lowest BCUT2D eigenvalue weighted by Gasteiger charge is -2.12. The number of nitrogens with two attached hydrogens (primary N) is 1. The zero-order chi connectivity index (χ0) is 19.1. The molecule has 3 rings (SSSR count). The molecule has 0 saturated heterocycles. The molecule has 0 aliphatic heterocycles. The van der Waals surface area contributed by atoms with Crippen LogP contribution in [-0.4, -0.2) is 28.0 Å². The minimum Gasteiger partial charge on any atom is -0.354 e. The van der Waals surface area contributed by atoms with E-state index in [0.29, 0.717) is 13.0 Å². The van der Waals surface area contributed by atoms with Gasteiger partial charge in [0.05, 0.1) is 18.1 Å². The summed E-state index contributed by atoms with van der Waals surface area (Å²) in [5.74, 6) is -0.138. The van der Waals surface area contributed by atoms with Crippen LogP contribution in [0.5, 0.6) is 0 Å². The third kappa shape index (κ3) is 5.53. The van der Waals surface area contributed by atoms with Crippen LogP contribution >= 0.6 is 0 Å². The Kier molecular flexibility index (Phi) is 6.39. The summed E-state index contributed by atoms with van der Waals surface area (Å²) >= 11 is 0. The Morgan fingerprint density at radius 2 is 1.89 bits per heavy atom. The van der Waals surface area contributed by atoms with E-state index in [-0.39, 0.29) is 5.91 Å². The van der Waals surface area contributed by atoms with Gasteiger partial charge in [-0.2, -0.15) is 0 Å². The molecule has 0 bridgehead atoms. The maximum absolute atomic E-state index is 12.2. The second-order valence-electron chi connectivity index (χ2n) is 6.80. The molecule has 0 spiro atoms. The van der Waals surface area contributed by atoms with Gasteiger partial charge in [0.15, 0.2) is 0 Å². The second-order valence-corrected chi connectivity index (χ2v) is 6.80. The minimum absolute atomic E-state index is 0.138. The van der Waals surface area contributed by atoms with E-state index in [9.17, 15) is 4.79 Å². The van der Waals surface area contributed by atoms with E-state index in [1.165, 1.54) is 16.7 Å². The number of amides is 1. The number of carbonyl (C=O) groups is 1. The minimum atomic E-state index is -0.595. The molecule has 5 nitrogen and oxygen atoms in total. The van der Waals surface area contributed by atoms with Crippen LogP contribution in [0.4, 0.5) is 0 Å². The maximum Gasteiger partial charge on any atom is 0.237 e. The standard InChI is InChI=1S/C22H26N4O/c1-17-7-5-6-10-19(17)11-12-24-22(27)21(23)13-20-15-26(16-25-20)14-18-8-3-2-4-9-18/h2-10,15-16,21H,11-14,23H2,1H3,(H,24,27)/t21-/m0/s1. The number of rotatable bonds is 8. The summed E-state index contributed by atoms with van der Waals surface area (Å²) in [5.41, 5.74) is 10.6. The number of hydrogen-bond donors (Lipinski definition) is 2. The fraction of sp³-hybridized carbons (Fsp3) is 0.273. The fourth-order valence-corrected chi connectivity index (χ4v) is 3.05. The zero-order valence-corrected chi connectivity index (χ0v) is 15.6. The number of nitrogens with one attached hydrogen (secondary N) is 1. The molecule has 0 saturated carbocycles. The highest BCUT2D eigenvalue weighted by Crippen LogP contribution is 2.07. The van der Waals surface area contributed by atoms with E-state index in [4.69, 9.17) is 5.73 Å². The molecule has 0 aliphatic carbocycles. The van der Waals surface area contributed by atoms with Gasteiger partial charge in [-0.15, -0.1) is 0 Å². The quantitative estimate of drug-likeness (QED) is 0.646. The van der Waals surface area contributed by atoms with Crippen molar-refractivity contribution in [3.63, 3.8) is 0 Å². The van der Waals surface area contributed by atoms with Gasteiger partial charge in [-0.3, -0.25) is 4.79 Å². The first-order valence-corrected chi connectivity index (χ1v) is 9.24. The summed E-state index contributed by atoms with van der Waals surface area (Å²) in [5, 5.41) is 2.93. The van der Waals surface area contributed by atoms with Crippen molar-refractivity contribution in [1.29, 1.82) is 0 Å². The van der Waals surface area contributed by atoms with Gasteiger partial charge in [0, 0.05) is 25.7 Å². The summed E-state index contributed by atoms with van der Waals surface area (Å²) in [6, 6.07) is 17.8. The van der Waals surface area contributed by atoms with E-state index in [1.54, 1.807) is 6.33 Å². The molecule has 0 unspecified atom stereocenters. The Hall–Kier alpha value is -2.92. The molecule has 140 valence electrons. The van der Waals surface area contributed by atoms with Crippen LogP contribution in [0.2, 0.25) is 0 Å². The highest BCUT2D eigenvalue weighted by molar-refractivity contribution is 5.81. The van der Waals surface area contributed by atoms with E-state index >= 15 is 0 Å². The van der Waals surface area contributed by atoms with E-state index in [2.05, 4.69) is 41.5 Å². The summed E-state index contributed by atoms with van der Waals surface area (Å²) in [6.45, 7) is 3.42. The van der Waals surface area contributed by atoms with Crippen molar-refractivity contribution in [3.05, 3.63) is 89.5 Å². The highest BCUT2D eigenvalue weighted by atomic mass is 16.2. The van der Waals surface area contributed by atoms with Crippen molar-refractivity contribution in [1.82, 2.24) is 14.9 Å². The van der Waals surface area contributed by atoms with Gasteiger partial charge >= 0.3 is 0 Å². The molecule has 1 heterocycles. The van der Waals surface area contributed by atoms with Crippen molar-refractivity contribution >= 4 is 5.91 Å². The normalized spacial score (nSPS) is 11.9. The van der Waals surface area contributed by atoms with Crippen LogP contribution in [0, 0.1) is 6.92 Å². The van der Waals surface area contributed by atoms with Crippen molar-refractivity contribution in [2.45, 2.75) is 32.4 Å². The molecule has 2 aromatic carbocycles. The topological polar surface area (TPSA) is 72.9 Å². The van der Waals surface area contributed by atoms with Crippen LogP contribution < -0.4 is 11.1 Å². The third-order valence-electron chi connectivity index (χ3n) is 4.62. The predicted octanol–water partition coefficient (Wildman–Crippen LogP) is 2.47. The van der Waals surface area contributed by atoms with Crippen LogP contribution in [0.3, 0.4) is 0 Å². The first-order valence-electron chi connectivity index (χ1n) is 9.24. The number of benzene rings is 2. The van der Waals surface area contributed by atoms with Crippen molar-refractivity contribution < 1.29 is 4.79 Å². The highest BCUT2D eigenvalue weighted by Gasteiger charge is 2.15. The molecule has 1 amide bonds. The Morgan fingerprint density at radius 3 is 2.67 bits per heavy atom. The molecular weight excluding hydrogens is 336 g/mol. The summed E-state index contributed by atoms with van der Waals surface area (Å²) in [7, 11) is 0. The first-order chi connectivity index (χ1) is 13.1. The molecule has 0 aliphatic rings. The third-order valence-corrected chi connectivity index (χ3v) is 4.62. The van der Waals surface area contributed by atoms with Gasteiger partial charge in [-0.1, -0.05) is 54.6 Å². The van der Waals surface area contributed by atoms with Crippen LogP contribution in [0.25, 0.3) is 0 Å². The van der Waals surface area contributed by atoms with Crippen molar-refractivity contribution in [2.75, 3.05) is 6.54 Å². The first kappa shape index (κ1) is 18.9. The Morgan fingerprint density at radius 1 is 1.15 bits per heavy atom. The van der Waals surface area contributed by atoms with Gasteiger partial charge in [0.1, 0.15) is 0 Å². The number of imidazole rings is 1. The van der Waals surface area contributed by atoms with Gasteiger partial charge in [-0.05, 0) is 30.0 Å². The van der Waals surface area contributed by atoms with Crippen LogP contribution in [-0.2, 0) is 24.2 Å². The molecule has 1 atom stereocenters. The number of hydrogen-bond acceptors (Lipinski definition) is 3. The second kappa shape index (κ2) is 9.14. The van der Waals surface area contributed by atoms with Crippen LogP contribution in [0.1, 0.15) is 22.4 Å². The zero-order valence-electron chi connectivity index (χ0n) is 15.6. The van der Waals surface area contributed by atoms with Gasteiger partial charge in [0.2, 0.25) is 5.91 Å². The average molecular weight is 362 g/mol. The maximum atomic E-state index is 12.2. The summed E-state index contributed by atoms with van der Waals surface area (Å²) in [4.78, 5) is 16.6. The lowest BCUT2D eigenvalue weighted by Crippen LogP contribution is -2.42. The van der Waals surface area contributed by atoms with Crippen molar-refractivity contribution in [2.24, 2.45) is 5.73 Å². The Balaban J connectivity index is 1.46. The van der Waals surface area contributed by atoms with E-state index in [1.807, 2.05) is 41.1 Å². The lowest BCUT2D eigenvalue weighted by atomic mass is 10.1. The van der Waals surface area contributed by atoms with Gasteiger partial charge in [0.25, 0.3) is 0 Å². The van der Waals surface area contributed by atoms with Crippen molar-refractivity contribution in [3.8, 4) is 0 Å². The molecule has 0 fully saturated rings. The smallest absolute Gasteiger partial charge is 0.237 e. The predicted molar refractivity (Wildman–Crippen MR) is 107 cm³/mol. The molecule has 1 aromatic heterocycles. The number of aromatic nitrogens is 2. The fourth-order valence-electron chi connectivity index (χ4n) is 3.05. The summed E-state index contributed by atoms with van der Waals surface area (Å²) < 4.78 is 2.01. The SMILES string of the molecule is Cc1ccccc1CCNC(=O)[C@@H](N)Cc1cn(Cc2ccccc2)cn1. The molecule has 0 radical (unpaired) electrons. The van der Waals surface area contributed by atoms with Gasteiger partial charge in [-0.25, -0.2) is 4.98 Å². The Bertz CT molecular complexity index is 873. The average Bonchev–Trinajstić information content (AvgIpc) is 3.10. The lowest BCUT2D eigenvalue weighted by molar-refractivity contribution is -0.122. The van der Waals surface area contributed by atoms with Crippen LogP contribution in [0.15, 0.2) is 67.1 Å².